The Bertz CT molecular complexity index is 534. The summed E-state index contributed by atoms with van der Waals surface area (Å²) >= 11 is 1.26. The predicted molar refractivity (Wildman–Crippen MR) is 59.8 cm³/mol. The summed E-state index contributed by atoms with van der Waals surface area (Å²) in [7, 11) is 0. The lowest BCUT2D eigenvalue weighted by Gasteiger charge is -2.17. The molecular formula is C12H8F4OS. The van der Waals surface area contributed by atoms with Crippen molar-refractivity contribution in [3.8, 4) is 0 Å². The number of halogens is 4. The fourth-order valence-corrected chi connectivity index (χ4v) is 2.30. The molecule has 0 aliphatic heterocycles. The van der Waals surface area contributed by atoms with Gasteiger partial charge in [-0.3, -0.25) is 0 Å². The molecule has 18 heavy (non-hydrogen) atoms. The lowest BCUT2D eigenvalue weighted by molar-refractivity contribution is -0.139. The lowest BCUT2D eigenvalue weighted by Crippen LogP contribution is -2.13. The minimum atomic E-state index is -4.70. The van der Waals surface area contributed by atoms with Crippen molar-refractivity contribution in [1.29, 1.82) is 0 Å². The first-order valence-electron chi connectivity index (χ1n) is 4.96. The first-order valence-corrected chi connectivity index (χ1v) is 5.90. The van der Waals surface area contributed by atoms with E-state index in [0.29, 0.717) is 11.6 Å². The summed E-state index contributed by atoms with van der Waals surface area (Å²) in [5.41, 5.74) is -1.14. The van der Waals surface area contributed by atoms with Crippen molar-refractivity contribution in [1.82, 2.24) is 0 Å². The molecule has 0 radical (unpaired) electrons. The van der Waals surface area contributed by atoms with Gasteiger partial charge in [-0.25, -0.2) is 4.39 Å². The van der Waals surface area contributed by atoms with E-state index in [4.69, 9.17) is 0 Å². The van der Waals surface area contributed by atoms with Crippen LogP contribution in [0.25, 0.3) is 0 Å². The van der Waals surface area contributed by atoms with Crippen LogP contribution in [0.1, 0.15) is 22.8 Å². The lowest BCUT2D eigenvalue weighted by atomic mass is 9.98. The molecule has 0 saturated carbocycles. The minimum absolute atomic E-state index is 0.345. The second kappa shape index (κ2) is 4.70. The zero-order valence-corrected chi connectivity index (χ0v) is 9.73. The van der Waals surface area contributed by atoms with Crippen LogP contribution < -0.4 is 0 Å². The topological polar surface area (TPSA) is 20.2 Å². The van der Waals surface area contributed by atoms with E-state index in [1.165, 1.54) is 17.4 Å². The minimum Gasteiger partial charge on any atom is -0.384 e. The van der Waals surface area contributed by atoms with Crippen LogP contribution in [0, 0.1) is 5.82 Å². The molecule has 96 valence electrons. The molecule has 2 rings (SSSR count). The van der Waals surface area contributed by atoms with E-state index in [9.17, 15) is 22.7 Å². The van der Waals surface area contributed by atoms with Gasteiger partial charge in [0.2, 0.25) is 0 Å². The van der Waals surface area contributed by atoms with Crippen molar-refractivity contribution in [3.63, 3.8) is 0 Å². The smallest absolute Gasteiger partial charge is 0.384 e. The van der Waals surface area contributed by atoms with Crippen molar-refractivity contribution in [2.24, 2.45) is 0 Å². The van der Waals surface area contributed by atoms with Gasteiger partial charge in [-0.05, 0) is 40.1 Å². The summed E-state index contributed by atoms with van der Waals surface area (Å²) < 4.78 is 51.2. The largest absolute Gasteiger partial charge is 0.416 e. The molecule has 6 heteroatoms. The van der Waals surface area contributed by atoms with Gasteiger partial charge in [0.15, 0.2) is 0 Å². The molecule has 1 aromatic carbocycles. The van der Waals surface area contributed by atoms with Crippen LogP contribution in [0.2, 0.25) is 0 Å². The first kappa shape index (κ1) is 13.0. The average molecular weight is 276 g/mol. The zero-order valence-electron chi connectivity index (χ0n) is 8.91. The zero-order chi connectivity index (χ0) is 13.3. The van der Waals surface area contributed by atoms with Gasteiger partial charge in [0.05, 0.1) is 5.56 Å². The first-order chi connectivity index (χ1) is 8.39. The van der Waals surface area contributed by atoms with E-state index in [1.54, 1.807) is 10.8 Å². The van der Waals surface area contributed by atoms with Gasteiger partial charge in [0.25, 0.3) is 0 Å². The van der Waals surface area contributed by atoms with Gasteiger partial charge in [-0.15, -0.1) is 0 Å². The summed E-state index contributed by atoms with van der Waals surface area (Å²) in [6.07, 6.45) is -6.11. The highest BCUT2D eigenvalue weighted by Gasteiger charge is 2.35. The molecule has 1 heterocycles. The highest BCUT2D eigenvalue weighted by atomic mass is 32.1. The van der Waals surface area contributed by atoms with Crippen LogP contribution >= 0.6 is 11.3 Å². The van der Waals surface area contributed by atoms with Crippen molar-refractivity contribution >= 4 is 11.3 Å². The molecule has 1 atom stereocenters. The summed E-state index contributed by atoms with van der Waals surface area (Å²) in [5, 5.41) is 13.1. The molecule has 0 fully saturated rings. The van der Waals surface area contributed by atoms with E-state index < -0.39 is 23.7 Å². The number of benzene rings is 1. The van der Waals surface area contributed by atoms with Gasteiger partial charge >= 0.3 is 6.18 Å². The fourth-order valence-electron chi connectivity index (χ4n) is 1.62. The maximum absolute atomic E-state index is 12.9. The average Bonchev–Trinajstić information content (AvgIpc) is 2.80. The van der Waals surface area contributed by atoms with Gasteiger partial charge in [0, 0.05) is 0 Å². The third kappa shape index (κ3) is 2.54. The van der Waals surface area contributed by atoms with E-state index in [-0.39, 0.29) is 5.56 Å². The number of aliphatic hydroxyl groups is 1. The Labute approximate surface area is 104 Å². The van der Waals surface area contributed by atoms with Crippen LogP contribution in [-0.4, -0.2) is 5.11 Å². The summed E-state index contributed by atoms with van der Waals surface area (Å²) in [4.78, 5) is 0. The molecule has 0 aliphatic rings. The molecule has 0 saturated heterocycles. The quantitative estimate of drug-likeness (QED) is 0.822. The number of alkyl halides is 3. The number of thiophene rings is 1. The predicted octanol–water partition coefficient (Wildman–Crippen LogP) is 3.99. The van der Waals surface area contributed by atoms with Crippen molar-refractivity contribution < 1.29 is 22.7 Å². The maximum atomic E-state index is 12.9. The maximum Gasteiger partial charge on any atom is 0.416 e. The number of aliphatic hydroxyl groups excluding tert-OH is 1. The monoisotopic (exact) mass is 276 g/mol. The van der Waals surface area contributed by atoms with E-state index in [1.807, 2.05) is 0 Å². The highest BCUT2D eigenvalue weighted by molar-refractivity contribution is 7.07. The van der Waals surface area contributed by atoms with Gasteiger partial charge in [-0.2, -0.15) is 24.5 Å². The molecule has 0 amide bonds. The Kier molecular flexibility index (Phi) is 3.41. The number of hydrogen-bond acceptors (Lipinski definition) is 2. The van der Waals surface area contributed by atoms with Gasteiger partial charge < -0.3 is 5.11 Å². The van der Waals surface area contributed by atoms with Crippen molar-refractivity contribution in [3.05, 3.63) is 57.5 Å². The molecule has 1 nitrogen and oxygen atoms in total. The molecular weight excluding hydrogens is 268 g/mol. The Balaban J connectivity index is 2.51. The molecule has 1 unspecified atom stereocenters. The summed E-state index contributed by atoms with van der Waals surface area (Å²) in [6.45, 7) is 0. The van der Waals surface area contributed by atoms with Crippen LogP contribution in [-0.2, 0) is 6.18 Å². The van der Waals surface area contributed by atoms with Crippen molar-refractivity contribution in [2.45, 2.75) is 12.3 Å². The van der Waals surface area contributed by atoms with Crippen LogP contribution in [0.15, 0.2) is 35.0 Å². The summed E-state index contributed by atoms with van der Waals surface area (Å²) in [6, 6.07) is 3.78. The van der Waals surface area contributed by atoms with Gasteiger partial charge in [-0.1, -0.05) is 6.07 Å². The Morgan fingerprint density at radius 1 is 1.17 bits per heavy atom. The van der Waals surface area contributed by atoms with Crippen LogP contribution in [0.4, 0.5) is 17.6 Å². The standard InChI is InChI=1S/C12H8F4OS/c13-8-1-2-9(10(5-8)12(14,15)16)11(17)7-3-4-18-6-7/h1-6,11,17H. The SMILES string of the molecule is OC(c1ccsc1)c1ccc(F)cc1C(F)(F)F. The third-order valence-electron chi connectivity index (χ3n) is 2.47. The number of hydrogen-bond donors (Lipinski definition) is 1. The molecule has 1 N–H and O–H groups in total. The molecule has 2 aromatic rings. The van der Waals surface area contributed by atoms with Crippen molar-refractivity contribution in [2.75, 3.05) is 0 Å². The second-order valence-corrected chi connectivity index (χ2v) is 4.47. The molecule has 0 spiro atoms. The Hall–Kier alpha value is -1.40. The highest BCUT2D eigenvalue weighted by Crippen LogP contribution is 2.37. The Morgan fingerprint density at radius 3 is 2.44 bits per heavy atom. The molecule has 0 bridgehead atoms. The third-order valence-corrected chi connectivity index (χ3v) is 3.18. The fraction of sp³-hybridized carbons (Fsp3) is 0.167. The Morgan fingerprint density at radius 2 is 1.89 bits per heavy atom. The second-order valence-electron chi connectivity index (χ2n) is 3.69. The summed E-state index contributed by atoms with van der Waals surface area (Å²) in [5.74, 6) is -0.983. The molecule has 0 aliphatic carbocycles. The van der Waals surface area contributed by atoms with Crippen LogP contribution in [0.5, 0.6) is 0 Å². The van der Waals surface area contributed by atoms with Gasteiger partial charge in [0.1, 0.15) is 11.9 Å². The van der Waals surface area contributed by atoms with E-state index >= 15 is 0 Å². The normalized spacial score (nSPS) is 13.6. The van der Waals surface area contributed by atoms with E-state index in [2.05, 4.69) is 0 Å². The number of rotatable bonds is 2. The molecule has 1 aromatic heterocycles. The van der Waals surface area contributed by atoms with E-state index in [0.717, 1.165) is 12.1 Å². The van der Waals surface area contributed by atoms with Crippen LogP contribution in [0.3, 0.4) is 0 Å².